The number of nitrogens with one attached hydrogen (secondary N) is 1. The maximum atomic E-state index is 14.0. The minimum atomic E-state index is -0.302. The first-order valence-corrected chi connectivity index (χ1v) is 6.73. The fourth-order valence-electron chi connectivity index (χ4n) is 2.14. The predicted molar refractivity (Wildman–Crippen MR) is 77.3 cm³/mol. The Hall–Kier alpha value is -1.94. The highest BCUT2D eigenvalue weighted by molar-refractivity contribution is 5.36. The van der Waals surface area contributed by atoms with Crippen molar-refractivity contribution in [3.8, 4) is 5.75 Å². The maximum Gasteiger partial charge on any atom is 0.146 e. The van der Waals surface area contributed by atoms with Gasteiger partial charge in [0, 0.05) is 11.8 Å². The lowest BCUT2D eigenvalue weighted by Crippen LogP contribution is -2.24. The minimum Gasteiger partial charge on any atom is -0.497 e. The molecule has 20 heavy (non-hydrogen) atoms. The van der Waals surface area contributed by atoms with Gasteiger partial charge in [0.2, 0.25) is 0 Å². The number of hydrogen-bond acceptors (Lipinski definition) is 3. The summed E-state index contributed by atoms with van der Waals surface area (Å²) in [5.74, 6) is 0.462. The van der Waals surface area contributed by atoms with E-state index in [9.17, 15) is 4.39 Å². The Labute approximate surface area is 118 Å². The largest absolute Gasteiger partial charge is 0.497 e. The smallest absolute Gasteiger partial charge is 0.146 e. The lowest BCUT2D eigenvalue weighted by Gasteiger charge is -2.20. The summed E-state index contributed by atoms with van der Waals surface area (Å²) in [5.41, 5.74) is 1.57. The summed E-state index contributed by atoms with van der Waals surface area (Å²) in [6, 6.07) is 9.19. The molecule has 2 aromatic rings. The summed E-state index contributed by atoms with van der Waals surface area (Å²) in [7, 11) is 1.63. The highest BCUT2D eigenvalue weighted by Crippen LogP contribution is 2.26. The zero-order valence-electron chi connectivity index (χ0n) is 11.8. The first-order valence-electron chi connectivity index (χ1n) is 6.73. The van der Waals surface area contributed by atoms with E-state index in [1.165, 1.54) is 6.20 Å². The molecule has 0 amide bonds. The number of pyridine rings is 1. The molecule has 0 bridgehead atoms. The number of benzene rings is 1. The highest BCUT2D eigenvalue weighted by Gasteiger charge is 2.17. The zero-order valence-corrected chi connectivity index (χ0v) is 11.8. The Kier molecular flexibility index (Phi) is 5.07. The van der Waals surface area contributed by atoms with Crippen LogP contribution in [0.4, 0.5) is 4.39 Å². The lowest BCUT2D eigenvalue weighted by molar-refractivity contribution is 0.413. The topological polar surface area (TPSA) is 34.1 Å². The fraction of sp³-hybridized carbons (Fsp3) is 0.312. The molecule has 0 spiro atoms. The van der Waals surface area contributed by atoms with Gasteiger partial charge in [-0.3, -0.25) is 4.98 Å². The van der Waals surface area contributed by atoms with Crippen LogP contribution in [0.5, 0.6) is 5.75 Å². The summed E-state index contributed by atoms with van der Waals surface area (Å²) in [5, 5.41) is 3.37. The van der Waals surface area contributed by atoms with Gasteiger partial charge < -0.3 is 10.1 Å². The van der Waals surface area contributed by atoms with Crippen molar-refractivity contribution in [2.75, 3.05) is 13.7 Å². The second-order valence-electron chi connectivity index (χ2n) is 4.56. The van der Waals surface area contributed by atoms with Gasteiger partial charge >= 0.3 is 0 Å². The van der Waals surface area contributed by atoms with Crippen LogP contribution in [0.3, 0.4) is 0 Å². The van der Waals surface area contributed by atoms with E-state index < -0.39 is 0 Å². The minimum absolute atomic E-state index is 0.201. The van der Waals surface area contributed by atoms with Gasteiger partial charge in [-0.25, -0.2) is 4.39 Å². The zero-order chi connectivity index (χ0) is 14.4. The summed E-state index contributed by atoms with van der Waals surface area (Å²) >= 11 is 0. The first kappa shape index (κ1) is 14.5. The second kappa shape index (κ2) is 7.01. The molecule has 0 aliphatic carbocycles. The number of aromatic nitrogens is 1. The molecule has 1 atom stereocenters. The van der Waals surface area contributed by atoms with Gasteiger partial charge in [0.05, 0.1) is 19.3 Å². The number of hydrogen-bond donors (Lipinski definition) is 1. The fourth-order valence-corrected chi connectivity index (χ4v) is 2.14. The number of ether oxygens (including phenoxy) is 1. The molecule has 1 unspecified atom stereocenters. The molecule has 0 saturated heterocycles. The van der Waals surface area contributed by atoms with Crippen LogP contribution in [-0.4, -0.2) is 18.6 Å². The third kappa shape index (κ3) is 3.33. The monoisotopic (exact) mass is 274 g/mol. The van der Waals surface area contributed by atoms with E-state index in [0.29, 0.717) is 5.56 Å². The summed E-state index contributed by atoms with van der Waals surface area (Å²) in [4.78, 5) is 3.81. The number of halogens is 1. The van der Waals surface area contributed by atoms with E-state index in [1.54, 1.807) is 19.4 Å². The van der Waals surface area contributed by atoms with Gasteiger partial charge in [-0.05, 0) is 36.7 Å². The van der Waals surface area contributed by atoms with E-state index in [4.69, 9.17) is 4.74 Å². The van der Waals surface area contributed by atoms with E-state index in [-0.39, 0.29) is 11.9 Å². The van der Waals surface area contributed by atoms with E-state index in [0.717, 1.165) is 24.3 Å². The molecule has 0 fully saturated rings. The average molecular weight is 274 g/mol. The standard InChI is InChI=1S/C16H19FN2O/c1-3-8-19-16(14-7-9-18-11-15(14)17)12-5-4-6-13(10-12)20-2/h4-7,9-11,16,19H,3,8H2,1-2H3. The molecule has 0 aliphatic heterocycles. The van der Waals surface area contributed by atoms with E-state index in [2.05, 4.69) is 17.2 Å². The maximum absolute atomic E-state index is 14.0. The van der Waals surface area contributed by atoms with Gasteiger partial charge in [-0.15, -0.1) is 0 Å². The molecule has 1 heterocycles. The van der Waals surface area contributed by atoms with Crippen LogP contribution in [0.15, 0.2) is 42.7 Å². The van der Waals surface area contributed by atoms with Crippen LogP contribution in [0.2, 0.25) is 0 Å². The van der Waals surface area contributed by atoms with E-state index >= 15 is 0 Å². The Morgan fingerprint density at radius 3 is 2.90 bits per heavy atom. The van der Waals surface area contributed by atoms with Crippen molar-refractivity contribution in [1.82, 2.24) is 10.3 Å². The summed E-state index contributed by atoms with van der Waals surface area (Å²) in [6.07, 6.45) is 3.84. The average Bonchev–Trinajstić information content (AvgIpc) is 2.49. The SMILES string of the molecule is CCCNC(c1cccc(OC)c1)c1ccncc1F. The van der Waals surface area contributed by atoms with Gasteiger partial charge in [0.25, 0.3) is 0 Å². The number of methoxy groups -OCH3 is 1. The molecule has 0 saturated carbocycles. The van der Waals surface area contributed by atoms with Crippen molar-refractivity contribution >= 4 is 0 Å². The van der Waals surface area contributed by atoms with Crippen LogP contribution >= 0.6 is 0 Å². The van der Waals surface area contributed by atoms with Crippen molar-refractivity contribution in [1.29, 1.82) is 0 Å². The van der Waals surface area contributed by atoms with Crippen LogP contribution in [0, 0.1) is 5.82 Å². The predicted octanol–water partition coefficient (Wildman–Crippen LogP) is 3.32. The van der Waals surface area contributed by atoms with E-state index in [1.807, 2.05) is 24.3 Å². The van der Waals surface area contributed by atoms with Gasteiger partial charge in [0.1, 0.15) is 11.6 Å². The van der Waals surface area contributed by atoms with Crippen molar-refractivity contribution in [3.05, 3.63) is 59.7 Å². The third-order valence-electron chi connectivity index (χ3n) is 3.14. The summed E-state index contributed by atoms with van der Waals surface area (Å²) < 4.78 is 19.2. The number of nitrogens with zero attached hydrogens (tertiary/aromatic N) is 1. The Morgan fingerprint density at radius 1 is 1.35 bits per heavy atom. The normalized spacial score (nSPS) is 12.2. The van der Waals surface area contributed by atoms with Crippen molar-refractivity contribution in [2.45, 2.75) is 19.4 Å². The quantitative estimate of drug-likeness (QED) is 0.877. The van der Waals surface area contributed by atoms with Crippen molar-refractivity contribution in [3.63, 3.8) is 0 Å². The second-order valence-corrected chi connectivity index (χ2v) is 4.56. The van der Waals surface area contributed by atoms with Crippen molar-refractivity contribution < 1.29 is 9.13 Å². The molecule has 0 radical (unpaired) electrons. The van der Waals surface area contributed by atoms with Gasteiger partial charge in [-0.1, -0.05) is 19.1 Å². The molecule has 1 aromatic heterocycles. The third-order valence-corrected chi connectivity index (χ3v) is 3.14. The Balaban J connectivity index is 2.38. The molecule has 1 N–H and O–H groups in total. The molecular weight excluding hydrogens is 255 g/mol. The molecule has 1 aromatic carbocycles. The Bertz CT molecular complexity index is 560. The highest BCUT2D eigenvalue weighted by atomic mass is 19.1. The Morgan fingerprint density at radius 2 is 2.20 bits per heavy atom. The van der Waals surface area contributed by atoms with Crippen LogP contribution in [0.25, 0.3) is 0 Å². The molecule has 106 valence electrons. The van der Waals surface area contributed by atoms with Gasteiger partial charge in [-0.2, -0.15) is 0 Å². The lowest BCUT2D eigenvalue weighted by atomic mass is 9.99. The van der Waals surface area contributed by atoms with Crippen LogP contribution in [-0.2, 0) is 0 Å². The molecule has 3 nitrogen and oxygen atoms in total. The number of rotatable bonds is 6. The molecule has 2 rings (SSSR count). The molecular formula is C16H19FN2O. The molecule has 0 aliphatic rings. The van der Waals surface area contributed by atoms with Crippen LogP contribution < -0.4 is 10.1 Å². The van der Waals surface area contributed by atoms with Crippen molar-refractivity contribution in [2.24, 2.45) is 0 Å². The van der Waals surface area contributed by atoms with Gasteiger partial charge in [0.15, 0.2) is 0 Å². The molecule has 4 heteroatoms. The summed E-state index contributed by atoms with van der Waals surface area (Å²) in [6.45, 7) is 2.89. The van der Waals surface area contributed by atoms with Crippen LogP contribution in [0.1, 0.15) is 30.5 Å². The first-order chi connectivity index (χ1) is 9.76.